The normalized spacial score (nSPS) is 20.2. The predicted molar refractivity (Wildman–Crippen MR) is 50.6 cm³/mol. The maximum Gasteiger partial charge on any atom is 0.410 e. The first kappa shape index (κ1) is 10.1. The Labute approximate surface area is 78.5 Å². The molecule has 1 N–H and O–H groups in total. The Morgan fingerprint density at radius 1 is 1.62 bits per heavy atom. The fourth-order valence-electron chi connectivity index (χ4n) is 1.16. The van der Waals surface area contributed by atoms with Crippen molar-refractivity contribution >= 4 is 6.09 Å². The summed E-state index contributed by atoms with van der Waals surface area (Å²) in [5.74, 6) is 0. The Hall–Kier alpha value is -1.03. The minimum absolute atomic E-state index is 0.226. The van der Waals surface area contributed by atoms with E-state index in [0.717, 1.165) is 13.1 Å². The summed E-state index contributed by atoms with van der Waals surface area (Å²) in [7, 11) is 0. The van der Waals surface area contributed by atoms with Crippen molar-refractivity contribution in [3.05, 3.63) is 12.2 Å². The second kappa shape index (κ2) is 5.59. The molecule has 1 amide bonds. The fraction of sp³-hybridized carbons (Fsp3) is 0.667. The number of nitrogens with zero attached hydrogens (tertiary/aromatic N) is 1. The van der Waals surface area contributed by atoms with Crippen LogP contribution in [0.1, 0.15) is 6.92 Å². The van der Waals surface area contributed by atoms with Gasteiger partial charge in [-0.15, -0.1) is 0 Å². The molecule has 0 fully saturated rings. The quantitative estimate of drug-likeness (QED) is 0.607. The highest BCUT2D eigenvalue weighted by Crippen LogP contribution is 1.95. The van der Waals surface area contributed by atoms with Crippen LogP contribution in [0.15, 0.2) is 12.2 Å². The summed E-state index contributed by atoms with van der Waals surface area (Å²) in [5.41, 5.74) is 0. The molecule has 13 heavy (non-hydrogen) atoms. The van der Waals surface area contributed by atoms with Crippen molar-refractivity contribution in [3.8, 4) is 0 Å². The topological polar surface area (TPSA) is 41.6 Å². The molecule has 74 valence electrons. The third kappa shape index (κ3) is 3.46. The molecular weight excluding hydrogens is 168 g/mol. The van der Waals surface area contributed by atoms with Crippen LogP contribution in [0, 0.1) is 0 Å². The van der Waals surface area contributed by atoms with Crippen LogP contribution in [0.2, 0.25) is 0 Å². The first-order valence-electron chi connectivity index (χ1n) is 4.62. The van der Waals surface area contributed by atoms with Gasteiger partial charge in [-0.3, -0.25) is 0 Å². The molecule has 4 nitrogen and oxygen atoms in total. The van der Waals surface area contributed by atoms with Crippen molar-refractivity contribution in [2.24, 2.45) is 0 Å². The highest BCUT2D eigenvalue weighted by atomic mass is 16.6. The summed E-state index contributed by atoms with van der Waals surface area (Å²) >= 11 is 0. The van der Waals surface area contributed by atoms with Gasteiger partial charge in [-0.25, -0.2) is 4.79 Å². The average molecular weight is 184 g/mol. The molecular formula is C9H16N2O2. The average Bonchev–Trinajstić information content (AvgIpc) is 2.03. The molecule has 0 saturated carbocycles. The molecule has 1 aliphatic rings. The van der Waals surface area contributed by atoms with Gasteiger partial charge in [0.2, 0.25) is 0 Å². The molecule has 0 radical (unpaired) electrons. The summed E-state index contributed by atoms with van der Waals surface area (Å²) in [6.45, 7) is 5.33. The SMILES string of the molecule is CCOC(=O)N1C/C=C/CNCC1. The first-order valence-corrected chi connectivity index (χ1v) is 4.62. The Morgan fingerprint density at radius 2 is 2.46 bits per heavy atom. The Bertz CT molecular complexity index is 192. The Kier molecular flexibility index (Phi) is 4.32. The fourth-order valence-corrected chi connectivity index (χ4v) is 1.16. The van der Waals surface area contributed by atoms with E-state index in [1.165, 1.54) is 0 Å². The van der Waals surface area contributed by atoms with Crippen molar-refractivity contribution in [3.63, 3.8) is 0 Å². The standard InChI is InChI=1S/C9H16N2O2/c1-2-13-9(12)11-7-4-3-5-10-6-8-11/h3-4,10H,2,5-8H2,1H3/b4-3+. The number of hydrogen-bond acceptors (Lipinski definition) is 3. The highest BCUT2D eigenvalue weighted by molar-refractivity contribution is 5.67. The van der Waals surface area contributed by atoms with E-state index >= 15 is 0 Å². The molecule has 0 atom stereocenters. The van der Waals surface area contributed by atoms with E-state index in [2.05, 4.69) is 5.32 Å². The molecule has 0 aliphatic carbocycles. The van der Waals surface area contributed by atoms with E-state index in [9.17, 15) is 4.79 Å². The molecule has 0 aromatic rings. The smallest absolute Gasteiger partial charge is 0.410 e. The maximum absolute atomic E-state index is 11.3. The highest BCUT2D eigenvalue weighted by Gasteiger charge is 2.12. The molecule has 0 saturated heterocycles. The molecule has 0 aromatic carbocycles. The van der Waals surface area contributed by atoms with Crippen molar-refractivity contribution < 1.29 is 9.53 Å². The molecule has 0 aromatic heterocycles. The number of rotatable bonds is 1. The van der Waals surface area contributed by atoms with Crippen LogP contribution in [0.5, 0.6) is 0 Å². The van der Waals surface area contributed by atoms with Gasteiger partial charge in [0.25, 0.3) is 0 Å². The van der Waals surface area contributed by atoms with Gasteiger partial charge in [-0.2, -0.15) is 0 Å². The molecule has 4 heteroatoms. The maximum atomic E-state index is 11.3. The molecule has 0 bridgehead atoms. The van der Waals surface area contributed by atoms with E-state index in [1.54, 1.807) is 4.90 Å². The number of amides is 1. The third-order valence-corrected chi connectivity index (χ3v) is 1.84. The van der Waals surface area contributed by atoms with E-state index in [0.29, 0.717) is 19.7 Å². The van der Waals surface area contributed by atoms with Gasteiger partial charge in [0.1, 0.15) is 0 Å². The van der Waals surface area contributed by atoms with Crippen LogP contribution >= 0.6 is 0 Å². The second-order valence-corrected chi connectivity index (χ2v) is 2.82. The second-order valence-electron chi connectivity index (χ2n) is 2.82. The number of nitrogens with one attached hydrogen (secondary N) is 1. The van der Waals surface area contributed by atoms with E-state index in [-0.39, 0.29) is 6.09 Å². The summed E-state index contributed by atoms with van der Waals surface area (Å²) in [6, 6.07) is 0. The van der Waals surface area contributed by atoms with Crippen LogP contribution < -0.4 is 5.32 Å². The number of carbonyl (C=O) groups excluding carboxylic acids is 1. The van der Waals surface area contributed by atoms with Crippen LogP contribution in [0.4, 0.5) is 4.79 Å². The summed E-state index contributed by atoms with van der Waals surface area (Å²) in [5, 5.41) is 3.18. The van der Waals surface area contributed by atoms with Gasteiger partial charge in [0.15, 0.2) is 0 Å². The van der Waals surface area contributed by atoms with Crippen LogP contribution in [0.3, 0.4) is 0 Å². The summed E-state index contributed by atoms with van der Waals surface area (Å²) in [6.07, 6.45) is 3.77. The van der Waals surface area contributed by atoms with E-state index < -0.39 is 0 Å². The lowest BCUT2D eigenvalue weighted by molar-refractivity contribution is 0.111. The van der Waals surface area contributed by atoms with Gasteiger partial charge < -0.3 is 15.0 Å². The zero-order chi connectivity index (χ0) is 9.52. The molecule has 1 heterocycles. The third-order valence-electron chi connectivity index (χ3n) is 1.84. The van der Waals surface area contributed by atoms with Crippen LogP contribution in [-0.4, -0.2) is 43.8 Å². The minimum atomic E-state index is -0.226. The largest absolute Gasteiger partial charge is 0.450 e. The number of carbonyl (C=O) groups is 1. The van der Waals surface area contributed by atoms with E-state index in [4.69, 9.17) is 4.74 Å². The number of hydrogen-bond donors (Lipinski definition) is 1. The van der Waals surface area contributed by atoms with Gasteiger partial charge >= 0.3 is 6.09 Å². The summed E-state index contributed by atoms with van der Waals surface area (Å²) < 4.78 is 4.90. The lowest BCUT2D eigenvalue weighted by Gasteiger charge is -2.21. The monoisotopic (exact) mass is 184 g/mol. The zero-order valence-corrected chi connectivity index (χ0v) is 7.95. The van der Waals surface area contributed by atoms with Gasteiger partial charge in [0, 0.05) is 26.2 Å². The van der Waals surface area contributed by atoms with Crippen LogP contribution in [-0.2, 0) is 4.74 Å². The van der Waals surface area contributed by atoms with Gasteiger partial charge in [-0.1, -0.05) is 12.2 Å². The minimum Gasteiger partial charge on any atom is -0.450 e. The number of ether oxygens (including phenoxy) is 1. The molecule has 1 rings (SSSR count). The van der Waals surface area contributed by atoms with Gasteiger partial charge in [-0.05, 0) is 6.92 Å². The van der Waals surface area contributed by atoms with E-state index in [1.807, 2.05) is 19.1 Å². The first-order chi connectivity index (χ1) is 6.34. The Balaban J connectivity index is 2.41. The zero-order valence-electron chi connectivity index (χ0n) is 7.95. The lowest BCUT2D eigenvalue weighted by atomic mass is 10.4. The van der Waals surface area contributed by atoms with Crippen LogP contribution in [0.25, 0.3) is 0 Å². The van der Waals surface area contributed by atoms with Crippen molar-refractivity contribution in [1.82, 2.24) is 10.2 Å². The molecule has 1 aliphatic heterocycles. The predicted octanol–water partition coefficient (Wildman–Crippen LogP) is 0.604. The molecule has 0 spiro atoms. The van der Waals surface area contributed by atoms with Gasteiger partial charge in [0.05, 0.1) is 6.61 Å². The lowest BCUT2D eigenvalue weighted by Crippen LogP contribution is -2.38. The summed E-state index contributed by atoms with van der Waals surface area (Å²) in [4.78, 5) is 13.0. The van der Waals surface area contributed by atoms with Crippen molar-refractivity contribution in [2.75, 3.05) is 32.8 Å². The molecule has 0 unspecified atom stereocenters. The Morgan fingerprint density at radius 3 is 3.23 bits per heavy atom. The van der Waals surface area contributed by atoms with Crippen molar-refractivity contribution in [1.29, 1.82) is 0 Å². The van der Waals surface area contributed by atoms with Crippen molar-refractivity contribution in [2.45, 2.75) is 6.92 Å².